The van der Waals surface area contributed by atoms with Crippen LogP contribution in [0.2, 0.25) is 0 Å². The zero-order chi connectivity index (χ0) is 10.5. The molecule has 2 nitrogen and oxygen atoms in total. The Bertz CT molecular complexity index is 413. The third-order valence-corrected chi connectivity index (χ3v) is 2.48. The van der Waals surface area contributed by atoms with Crippen LogP contribution in [-0.2, 0) is 0 Å². The zero-order valence-electron chi connectivity index (χ0n) is 8.05. The van der Waals surface area contributed by atoms with Gasteiger partial charge in [0.25, 0.3) is 0 Å². The van der Waals surface area contributed by atoms with Crippen molar-refractivity contribution in [3.63, 3.8) is 0 Å². The molecule has 2 aromatic rings. The number of nitrogens with one attached hydrogen (secondary N) is 1. The minimum absolute atomic E-state index is 0.606. The molecule has 0 heterocycles. The molecule has 2 N–H and O–H groups in total. The second kappa shape index (κ2) is 4.87. The molecule has 0 aliphatic rings. The van der Waals surface area contributed by atoms with E-state index >= 15 is 0 Å². The van der Waals surface area contributed by atoms with E-state index in [1.807, 2.05) is 42.5 Å². The van der Waals surface area contributed by atoms with E-state index in [2.05, 4.69) is 16.9 Å². The van der Waals surface area contributed by atoms with E-state index in [9.17, 15) is 0 Å². The molecule has 2 aromatic carbocycles. The lowest BCUT2D eigenvalue weighted by Crippen LogP contribution is -1.84. The largest absolute Gasteiger partial charge is 0.312 e. The van der Waals surface area contributed by atoms with E-state index in [4.69, 9.17) is 4.55 Å². The van der Waals surface area contributed by atoms with E-state index in [1.165, 1.54) is 11.1 Å². The highest BCUT2D eigenvalue weighted by Crippen LogP contribution is 2.21. The minimum Gasteiger partial charge on any atom is -0.312 e. The van der Waals surface area contributed by atoms with Crippen LogP contribution in [0, 0.1) is 0 Å². The predicted molar refractivity (Wildman–Crippen MR) is 65.7 cm³/mol. The van der Waals surface area contributed by atoms with Crippen molar-refractivity contribution in [3.05, 3.63) is 54.6 Å². The molecule has 0 aliphatic carbocycles. The Labute approximate surface area is 93.3 Å². The third-order valence-electron chi connectivity index (χ3n) is 2.16. The fraction of sp³-hybridized carbons (Fsp3) is 0. The molecule has 0 spiro atoms. The summed E-state index contributed by atoms with van der Waals surface area (Å²) in [5, 5.41) is 0. The molecule has 0 aromatic heterocycles. The van der Waals surface area contributed by atoms with Crippen LogP contribution >= 0.6 is 12.2 Å². The summed E-state index contributed by atoms with van der Waals surface area (Å²) in [6, 6.07) is 18.1. The lowest BCUT2D eigenvalue weighted by molar-refractivity contribution is 0.668. The first-order chi connectivity index (χ1) is 7.40. The van der Waals surface area contributed by atoms with Gasteiger partial charge in [0.15, 0.2) is 0 Å². The van der Waals surface area contributed by atoms with E-state index in [0.29, 0.717) is 12.2 Å². The van der Waals surface area contributed by atoms with Gasteiger partial charge < -0.3 is 9.27 Å². The normalized spacial score (nSPS) is 9.93. The van der Waals surface area contributed by atoms with Crippen molar-refractivity contribution in [1.82, 2.24) is 0 Å². The smallest absolute Gasteiger partial charge is 0.108 e. The average molecular weight is 217 g/mol. The Kier molecular flexibility index (Phi) is 3.27. The maximum Gasteiger partial charge on any atom is 0.108 e. The molecule has 0 bridgehead atoms. The summed E-state index contributed by atoms with van der Waals surface area (Å²) < 4.78 is 11.4. The van der Waals surface area contributed by atoms with E-state index < -0.39 is 0 Å². The summed E-state index contributed by atoms with van der Waals surface area (Å²) >= 11 is 0.606. The number of benzene rings is 2. The van der Waals surface area contributed by atoms with Gasteiger partial charge in [0.05, 0.1) is 0 Å². The first kappa shape index (κ1) is 10.1. The quantitative estimate of drug-likeness (QED) is 0.604. The Morgan fingerprint density at radius 1 is 0.800 bits per heavy atom. The van der Waals surface area contributed by atoms with Crippen LogP contribution in [0.3, 0.4) is 0 Å². The number of rotatable bonds is 3. The van der Waals surface area contributed by atoms with Crippen LogP contribution in [0.1, 0.15) is 0 Å². The van der Waals surface area contributed by atoms with Crippen LogP contribution in [0.25, 0.3) is 11.1 Å². The van der Waals surface area contributed by atoms with Crippen LogP contribution in [0.4, 0.5) is 5.69 Å². The molecule has 3 heteroatoms. The SMILES string of the molecule is OSNc1ccc(-c2ccccc2)cc1. The van der Waals surface area contributed by atoms with Crippen molar-refractivity contribution < 1.29 is 4.55 Å². The van der Waals surface area contributed by atoms with Gasteiger partial charge in [0, 0.05) is 5.69 Å². The molecular formula is C12H11NOS. The van der Waals surface area contributed by atoms with Gasteiger partial charge in [-0.05, 0) is 23.3 Å². The molecule has 0 aliphatic heterocycles. The summed E-state index contributed by atoms with van der Waals surface area (Å²) in [6.07, 6.45) is 0. The van der Waals surface area contributed by atoms with Crippen molar-refractivity contribution in [1.29, 1.82) is 0 Å². The van der Waals surface area contributed by atoms with Crippen molar-refractivity contribution >= 4 is 17.9 Å². The van der Waals surface area contributed by atoms with Gasteiger partial charge in [-0.25, -0.2) is 0 Å². The molecule has 15 heavy (non-hydrogen) atoms. The summed E-state index contributed by atoms with van der Waals surface area (Å²) in [6.45, 7) is 0. The average Bonchev–Trinajstić information content (AvgIpc) is 2.32. The van der Waals surface area contributed by atoms with Gasteiger partial charge >= 0.3 is 0 Å². The molecule has 0 fully saturated rings. The molecule has 0 saturated heterocycles. The predicted octanol–water partition coefficient (Wildman–Crippen LogP) is 3.89. The molecule has 0 atom stereocenters. The summed E-state index contributed by atoms with van der Waals surface area (Å²) in [7, 11) is 0. The van der Waals surface area contributed by atoms with Crippen molar-refractivity contribution in [2.24, 2.45) is 0 Å². The summed E-state index contributed by atoms with van der Waals surface area (Å²) in [5.41, 5.74) is 3.26. The maximum absolute atomic E-state index is 8.61. The Morgan fingerprint density at radius 3 is 2.00 bits per heavy atom. The standard InChI is InChI=1S/C12H11NOS/c14-15-13-12-8-6-11(7-9-12)10-4-2-1-3-5-10/h1-9,13-14H. The molecule has 76 valence electrons. The highest BCUT2D eigenvalue weighted by atomic mass is 32.2. The first-order valence-corrected chi connectivity index (χ1v) is 5.39. The van der Waals surface area contributed by atoms with Crippen LogP contribution < -0.4 is 4.72 Å². The van der Waals surface area contributed by atoms with Crippen molar-refractivity contribution in [2.75, 3.05) is 4.72 Å². The van der Waals surface area contributed by atoms with Gasteiger partial charge in [0.2, 0.25) is 0 Å². The van der Waals surface area contributed by atoms with Crippen molar-refractivity contribution in [2.45, 2.75) is 0 Å². The van der Waals surface area contributed by atoms with Crippen LogP contribution in [0.5, 0.6) is 0 Å². The van der Waals surface area contributed by atoms with Crippen molar-refractivity contribution in [3.8, 4) is 11.1 Å². The fourth-order valence-electron chi connectivity index (χ4n) is 1.41. The molecular weight excluding hydrogens is 206 g/mol. The second-order valence-corrected chi connectivity index (χ2v) is 3.52. The van der Waals surface area contributed by atoms with Crippen LogP contribution in [0.15, 0.2) is 54.6 Å². The van der Waals surface area contributed by atoms with Gasteiger partial charge in [-0.3, -0.25) is 0 Å². The number of hydrogen-bond donors (Lipinski definition) is 2. The highest BCUT2D eigenvalue weighted by Gasteiger charge is 1.96. The molecule has 2 rings (SSSR count). The van der Waals surface area contributed by atoms with Gasteiger partial charge in [-0.15, -0.1) is 0 Å². The zero-order valence-corrected chi connectivity index (χ0v) is 8.87. The van der Waals surface area contributed by atoms with E-state index in [1.54, 1.807) is 0 Å². The first-order valence-electron chi connectivity index (χ1n) is 4.62. The molecule has 0 unspecified atom stereocenters. The topological polar surface area (TPSA) is 32.3 Å². The summed E-state index contributed by atoms with van der Waals surface area (Å²) in [4.78, 5) is 0. The highest BCUT2D eigenvalue weighted by molar-refractivity contribution is 7.95. The second-order valence-electron chi connectivity index (χ2n) is 3.14. The minimum atomic E-state index is 0.606. The number of anilines is 1. The fourth-order valence-corrected chi connectivity index (χ4v) is 1.66. The third kappa shape index (κ3) is 2.52. The van der Waals surface area contributed by atoms with E-state index in [0.717, 1.165) is 5.69 Å². The van der Waals surface area contributed by atoms with E-state index in [-0.39, 0.29) is 0 Å². The van der Waals surface area contributed by atoms with Gasteiger partial charge in [-0.1, -0.05) is 42.5 Å². The monoisotopic (exact) mass is 217 g/mol. The Balaban J connectivity index is 2.24. The van der Waals surface area contributed by atoms with Gasteiger partial charge in [0.1, 0.15) is 12.2 Å². The lowest BCUT2D eigenvalue weighted by Gasteiger charge is -2.03. The summed E-state index contributed by atoms with van der Waals surface area (Å²) in [5.74, 6) is 0. The lowest BCUT2D eigenvalue weighted by atomic mass is 10.1. The van der Waals surface area contributed by atoms with Gasteiger partial charge in [-0.2, -0.15) is 0 Å². The Morgan fingerprint density at radius 2 is 1.40 bits per heavy atom. The molecule has 0 saturated carbocycles. The number of hydrogen-bond acceptors (Lipinski definition) is 3. The van der Waals surface area contributed by atoms with Crippen LogP contribution in [-0.4, -0.2) is 4.55 Å². The Hall–Kier alpha value is -1.45. The maximum atomic E-state index is 8.61. The molecule has 0 radical (unpaired) electrons. The molecule has 0 amide bonds.